The first-order valence-corrected chi connectivity index (χ1v) is 23.9. The van der Waals surface area contributed by atoms with Crippen LogP contribution < -0.4 is 16.0 Å². The van der Waals surface area contributed by atoms with Gasteiger partial charge in [0.25, 0.3) is 0 Å². The van der Waals surface area contributed by atoms with Crippen LogP contribution in [0.4, 0.5) is 0 Å². The van der Waals surface area contributed by atoms with E-state index in [1.807, 2.05) is 0 Å². The van der Waals surface area contributed by atoms with E-state index in [1.165, 1.54) is 6.92 Å². The van der Waals surface area contributed by atoms with Crippen molar-refractivity contribution < 1.29 is 148 Å². The van der Waals surface area contributed by atoms with Crippen LogP contribution in [0.3, 0.4) is 0 Å². The van der Waals surface area contributed by atoms with Crippen LogP contribution in [0, 0.1) is 0 Å². The SMILES string of the molecule is CC(=O)N[C@@H]1[C@@H](O[C@@H]2O[C@H](CO)[C@H](O)[C@H](O)[C@H]2O)[C@@H](O)[C@@H](CO[C@@H]2O[C@H](CO)[C@@H](O[C@@H]3O[C@H](CO)[C@H](O)[C@H](O[C@@H]4O[C@H](CO)[C@@H](O)[C@H](O)[C@H]4NC(C)=O)[C@H]3O)[C@H](O[C@@H]3O[C@@H](C)[C@@H](O)[C@@H](O)[C@@H]3O)[C@H]2NC(C)=O)O[C@H]1O. The van der Waals surface area contributed by atoms with Crippen molar-refractivity contribution in [2.75, 3.05) is 33.0 Å². The molecule has 6 fully saturated rings. The smallest absolute Gasteiger partial charge is 0.217 e. The molecule has 0 aromatic heterocycles. The van der Waals surface area contributed by atoms with E-state index in [0.29, 0.717) is 0 Å². The lowest BCUT2D eigenvalue weighted by molar-refractivity contribution is -0.385. The van der Waals surface area contributed by atoms with Gasteiger partial charge in [-0.15, -0.1) is 0 Å². The van der Waals surface area contributed by atoms with Crippen LogP contribution in [0.25, 0.3) is 0 Å². The molecule has 434 valence electrons. The normalized spacial score (nSPS) is 48.6. The van der Waals surface area contributed by atoms with Crippen molar-refractivity contribution in [3.05, 3.63) is 0 Å². The molecule has 3 amide bonds. The number of aliphatic hydroxyl groups excluding tert-OH is 16. The van der Waals surface area contributed by atoms with Crippen LogP contribution >= 0.6 is 0 Å². The lowest BCUT2D eigenvalue weighted by atomic mass is 9.93. The number of rotatable bonds is 18. The Balaban J connectivity index is 1.31. The van der Waals surface area contributed by atoms with Crippen LogP contribution in [-0.4, -0.2) is 317 Å². The molecule has 0 radical (unpaired) electrons. The minimum absolute atomic E-state index is 0.757. The number of carbonyl (C=O) groups excluding carboxylic acids is 3. The van der Waals surface area contributed by atoms with Crippen molar-refractivity contribution in [1.29, 1.82) is 0 Å². The van der Waals surface area contributed by atoms with E-state index in [9.17, 15) is 96.1 Å². The van der Waals surface area contributed by atoms with E-state index in [0.717, 1.165) is 20.8 Å². The van der Waals surface area contributed by atoms with Gasteiger partial charge in [0, 0.05) is 20.8 Å². The number of nitrogens with one attached hydrogen (secondary N) is 3. The summed E-state index contributed by atoms with van der Waals surface area (Å²) in [6.45, 7) is -0.282. The van der Waals surface area contributed by atoms with Crippen LogP contribution in [-0.2, 0) is 66.5 Å². The second kappa shape index (κ2) is 26.5. The monoisotopic (exact) mass is 1100 g/mol. The van der Waals surface area contributed by atoms with Crippen molar-refractivity contribution in [1.82, 2.24) is 16.0 Å². The molecule has 0 saturated carbocycles. The molecule has 75 heavy (non-hydrogen) atoms. The summed E-state index contributed by atoms with van der Waals surface area (Å²) in [5.74, 6) is -2.38. The van der Waals surface area contributed by atoms with Gasteiger partial charge in [-0.1, -0.05) is 0 Å². The third-order valence-electron chi connectivity index (χ3n) is 13.6. The zero-order valence-electron chi connectivity index (χ0n) is 40.7. The Morgan fingerprint density at radius 2 is 0.787 bits per heavy atom. The molecule has 0 aromatic carbocycles. The van der Waals surface area contributed by atoms with Crippen LogP contribution in [0.15, 0.2) is 0 Å². The summed E-state index contributed by atoms with van der Waals surface area (Å²) in [5.41, 5.74) is 0. The van der Waals surface area contributed by atoms with Gasteiger partial charge in [-0.2, -0.15) is 0 Å². The Hall–Kier alpha value is -2.67. The maximum atomic E-state index is 13.0. The molecule has 19 N–H and O–H groups in total. The summed E-state index contributed by atoms with van der Waals surface area (Å²) in [5, 5.41) is 179. The minimum atomic E-state index is -2.20. The fraction of sp³-hybridized carbons (Fsp3) is 0.929. The van der Waals surface area contributed by atoms with Crippen molar-refractivity contribution in [2.24, 2.45) is 0 Å². The maximum Gasteiger partial charge on any atom is 0.217 e. The second-order valence-corrected chi connectivity index (χ2v) is 19.0. The van der Waals surface area contributed by atoms with Crippen LogP contribution in [0.2, 0.25) is 0 Å². The molecule has 0 bridgehead atoms. The summed E-state index contributed by atoms with van der Waals surface area (Å²) >= 11 is 0. The Morgan fingerprint density at radius 1 is 0.373 bits per heavy atom. The molecular weight excluding hydrogens is 1030 g/mol. The molecule has 6 rings (SSSR count). The summed E-state index contributed by atoms with van der Waals surface area (Å²) < 4.78 is 64.3. The molecule has 6 heterocycles. The number of hydrogen-bond donors (Lipinski definition) is 19. The number of ether oxygens (including phenoxy) is 11. The topological polar surface area (TPSA) is 513 Å². The van der Waals surface area contributed by atoms with Gasteiger partial charge in [0.05, 0.1) is 39.1 Å². The van der Waals surface area contributed by atoms with Crippen LogP contribution in [0.5, 0.6) is 0 Å². The summed E-state index contributed by atoms with van der Waals surface area (Å²) in [6.07, 6.45) is -49.9. The van der Waals surface area contributed by atoms with Crippen molar-refractivity contribution in [3.63, 3.8) is 0 Å². The van der Waals surface area contributed by atoms with Crippen LogP contribution in [0.1, 0.15) is 27.7 Å². The highest BCUT2D eigenvalue weighted by molar-refractivity contribution is 5.74. The first kappa shape index (κ1) is 61.5. The largest absolute Gasteiger partial charge is 0.394 e. The lowest BCUT2D eigenvalue weighted by Gasteiger charge is -2.51. The molecule has 33 nitrogen and oxygen atoms in total. The molecule has 0 unspecified atom stereocenters. The van der Waals surface area contributed by atoms with Gasteiger partial charge in [0.15, 0.2) is 37.7 Å². The molecule has 6 saturated heterocycles. The fourth-order valence-electron chi connectivity index (χ4n) is 9.56. The average molecular weight is 1100 g/mol. The summed E-state index contributed by atoms with van der Waals surface area (Å²) in [7, 11) is 0. The van der Waals surface area contributed by atoms with Gasteiger partial charge < -0.3 is 150 Å². The number of amides is 3. The van der Waals surface area contributed by atoms with Crippen molar-refractivity contribution >= 4 is 17.7 Å². The van der Waals surface area contributed by atoms with Crippen molar-refractivity contribution in [2.45, 2.75) is 212 Å². The molecule has 0 aromatic rings. The van der Waals surface area contributed by atoms with E-state index in [4.69, 9.17) is 52.1 Å². The first-order chi connectivity index (χ1) is 35.4. The Morgan fingerprint density at radius 3 is 1.35 bits per heavy atom. The Kier molecular flexibility index (Phi) is 21.8. The van der Waals surface area contributed by atoms with Crippen molar-refractivity contribution in [3.8, 4) is 0 Å². The quantitative estimate of drug-likeness (QED) is 0.0606. The first-order valence-electron chi connectivity index (χ1n) is 23.9. The predicted octanol–water partition coefficient (Wildman–Crippen LogP) is -12.6. The van der Waals surface area contributed by atoms with E-state index < -0.39 is 235 Å². The molecule has 6 aliphatic heterocycles. The third-order valence-corrected chi connectivity index (χ3v) is 13.6. The van der Waals surface area contributed by atoms with Gasteiger partial charge >= 0.3 is 0 Å². The summed E-state index contributed by atoms with van der Waals surface area (Å²) in [6, 6.07) is -4.98. The van der Waals surface area contributed by atoms with Gasteiger partial charge in [-0.05, 0) is 6.92 Å². The molecule has 0 aliphatic carbocycles. The molecule has 6 aliphatic rings. The lowest BCUT2D eigenvalue weighted by Crippen LogP contribution is -2.71. The van der Waals surface area contributed by atoms with E-state index in [2.05, 4.69) is 16.0 Å². The Labute approximate surface area is 426 Å². The average Bonchev–Trinajstić information content (AvgIpc) is 3.36. The highest BCUT2D eigenvalue weighted by Crippen LogP contribution is 2.37. The summed E-state index contributed by atoms with van der Waals surface area (Å²) in [4.78, 5) is 37.4. The van der Waals surface area contributed by atoms with Gasteiger partial charge in [-0.3, -0.25) is 14.4 Å². The van der Waals surface area contributed by atoms with E-state index in [-0.39, 0.29) is 0 Å². The number of aliphatic hydroxyl groups is 16. The Bertz CT molecular complexity index is 1850. The third kappa shape index (κ3) is 13.7. The molecule has 0 spiro atoms. The second-order valence-electron chi connectivity index (χ2n) is 19.0. The van der Waals surface area contributed by atoms with E-state index >= 15 is 0 Å². The standard InChI is InChI=1S/C42H71N3O30/c1-10-22(53)28(59)30(61)40(66-10)74-35-21(45-13(4)52)38(65-9-18-26(57)34(20(37(64)67-18)44-12(3)51)73-41-31(62)29(60)24(55)15(6-47)69-41)71-17(8-49)33(35)72-42-32(63)36(25(56)16(7-48)70-42)75-39-19(43-11(2)50)27(58)23(54)14(5-46)68-39/h10,14-42,46-49,53-64H,5-9H2,1-4H3,(H,43,50)(H,44,51)(H,45,52)/t10-,14+,15+,16+,17+,18+,19+,20+,21+,22+,23+,24-,25-,26-,27+,28+,29-,30-,31+,32+,33+,34+,35+,36-,37+,38+,39-,40-,41-,42-/m0/s1. The maximum absolute atomic E-state index is 13.0. The number of hydrogen-bond acceptors (Lipinski definition) is 30. The van der Waals surface area contributed by atoms with E-state index in [1.54, 1.807) is 0 Å². The highest BCUT2D eigenvalue weighted by atomic mass is 16.8. The predicted molar refractivity (Wildman–Crippen MR) is 233 cm³/mol. The molecular formula is C42H71N3O30. The minimum Gasteiger partial charge on any atom is -0.394 e. The molecule has 30 atom stereocenters. The number of carbonyl (C=O) groups is 3. The fourth-order valence-corrected chi connectivity index (χ4v) is 9.56. The van der Waals surface area contributed by atoms with Gasteiger partial charge in [0.2, 0.25) is 17.7 Å². The zero-order valence-corrected chi connectivity index (χ0v) is 40.7. The zero-order chi connectivity index (χ0) is 55.5. The highest BCUT2D eigenvalue weighted by Gasteiger charge is 2.58. The van der Waals surface area contributed by atoms with Gasteiger partial charge in [-0.25, -0.2) is 0 Å². The van der Waals surface area contributed by atoms with Gasteiger partial charge in [0.1, 0.15) is 140 Å². The molecule has 33 heteroatoms.